The molecule has 118 valence electrons. The molecule has 2 aliphatic rings. The topological polar surface area (TPSA) is 63.5 Å². The molecule has 1 saturated heterocycles. The third-order valence-electron chi connectivity index (χ3n) is 4.46. The van der Waals surface area contributed by atoms with Crippen molar-refractivity contribution in [3.05, 3.63) is 38.9 Å². The van der Waals surface area contributed by atoms with Crippen molar-refractivity contribution < 1.29 is 22.9 Å². The minimum atomic E-state index is -4.88. The van der Waals surface area contributed by atoms with Crippen LogP contribution in [0.15, 0.2) is 12.1 Å². The number of fused-ring (bicyclic) bond motifs is 5. The molecule has 1 fully saturated rings. The maximum absolute atomic E-state index is 12.6. The van der Waals surface area contributed by atoms with Crippen LogP contribution in [0.2, 0.25) is 0 Å². The van der Waals surface area contributed by atoms with Gasteiger partial charge in [-0.2, -0.15) is 13.2 Å². The fourth-order valence-corrected chi connectivity index (χ4v) is 3.53. The minimum absolute atomic E-state index is 0.0130. The Hall–Kier alpha value is -2.12. The molecular formula is C14H13F3N2O3. The number of carbonyl (C=O) groups is 1. The normalized spacial score (nSPS) is 23.4. The van der Waals surface area contributed by atoms with E-state index in [-0.39, 0.29) is 30.6 Å². The molecule has 1 aliphatic carbocycles. The second-order valence-electron chi connectivity index (χ2n) is 5.86. The fourth-order valence-electron chi connectivity index (χ4n) is 3.53. The Bertz CT molecular complexity index is 672. The molecule has 1 aliphatic heterocycles. The van der Waals surface area contributed by atoms with Gasteiger partial charge in [0.05, 0.1) is 4.92 Å². The molecule has 0 N–H and O–H groups in total. The first-order chi connectivity index (χ1) is 10.2. The number of nitro groups is 1. The summed E-state index contributed by atoms with van der Waals surface area (Å²) in [5, 5.41) is 11.0. The third-order valence-corrected chi connectivity index (χ3v) is 4.46. The zero-order chi connectivity index (χ0) is 16.2. The van der Waals surface area contributed by atoms with Gasteiger partial charge < -0.3 is 4.90 Å². The van der Waals surface area contributed by atoms with Crippen LogP contribution < -0.4 is 0 Å². The number of hydrogen-bond donors (Lipinski definition) is 0. The van der Waals surface area contributed by atoms with E-state index in [1.165, 1.54) is 6.07 Å². The summed E-state index contributed by atoms with van der Waals surface area (Å²) < 4.78 is 37.8. The van der Waals surface area contributed by atoms with Gasteiger partial charge in [-0.1, -0.05) is 0 Å². The summed E-state index contributed by atoms with van der Waals surface area (Å²) in [5.74, 6) is -2.28. The fraction of sp³-hybridized carbons (Fsp3) is 0.500. The lowest BCUT2D eigenvalue weighted by Crippen LogP contribution is -2.46. The largest absolute Gasteiger partial charge is 0.471 e. The van der Waals surface area contributed by atoms with Crippen LogP contribution in [0.5, 0.6) is 0 Å². The van der Waals surface area contributed by atoms with Gasteiger partial charge in [0.25, 0.3) is 5.69 Å². The van der Waals surface area contributed by atoms with E-state index >= 15 is 0 Å². The summed E-state index contributed by atoms with van der Waals surface area (Å²) in [6.07, 6.45) is -4.25. The number of piperidine rings is 1. The number of rotatable bonds is 1. The molecule has 2 atom stereocenters. The summed E-state index contributed by atoms with van der Waals surface area (Å²) in [6.45, 7) is 1.58. The number of halogens is 3. The number of carbonyl (C=O) groups excluding carboxylic acids is 1. The molecule has 5 nitrogen and oxygen atoms in total. The van der Waals surface area contributed by atoms with E-state index in [2.05, 4.69) is 0 Å². The average molecular weight is 314 g/mol. The highest BCUT2D eigenvalue weighted by Gasteiger charge is 2.48. The van der Waals surface area contributed by atoms with Crippen LogP contribution >= 0.6 is 0 Å². The summed E-state index contributed by atoms with van der Waals surface area (Å²) in [4.78, 5) is 22.8. The van der Waals surface area contributed by atoms with Gasteiger partial charge in [-0.25, -0.2) is 0 Å². The molecule has 0 saturated carbocycles. The lowest BCUT2D eigenvalue weighted by molar-refractivity contribution is -0.385. The van der Waals surface area contributed by atoms with E-state index in [9.17, 15) is 28.1 Å². The third kappa shape index (κ3) is 2.22. The Labute approximate surface area is 123 Å². The molecule has 1 heterocycles. The van der Waals surface area contributed by atoms with Gasteiger partial charge in [-0.15, -0.1) is 0 Å². The molecule has 2 bridgehead atoms. The summed E-state index contributed by atoms with van der Waals surface area (Å²) in [5.41, 5.74) is 2.01. The molecule has 0 spiro atoms. The molecule has 22 heavy (non-hydrogen) atoms. The number of nitro benzene ring substituents is 1. The Morgan fingerprint density at radius 2 is 1.82 bits per heavy atom. The first kappa shape index (κ1) is 14.8. The van der Waals surface area contributed by atoms with Crippen molar-refractivity contribution in [2.24, 2.45) is 0 Å². The number of aryl methyl sites for hydroxylation is 1. The van der Waals surface area contributed by atoms with E-state index in [0.717, 1.165) is 10.5 Å². The Kier molecular flexibility index (Phi) is 3.15. The van der Waals surface area contributed by atoms with Crippen molar-refractivity contribution >= 4 is 11.6 Å². The standard InChI is InChI=1S/C14H13F3N2O3/c1-7-2-10-8-3-9(11(10)4-12(7)19(21)22)6-18(5-8)13(20)14(15,16)17/h2,4,8-9H,3,5-6H2,1H3. The van der Waals surface area contributed by atoms with E-state index in [1.807, 2.05) is 0 Å². The van der Waals surface area contributed by atoms with Gasteiger partial charge in [-0.3, -0.25) is 14.9 Å². The van der Waals surface area contributed by atoms with Crippen molar-refractivity contribution in [2.75, 3.05) is 13.1 Å². The smallest absolute Gasteiger partial charge is 0.334 e. The molecule has 0 radical (unpaired) electrons. The second-order valence-corrected chi connectivity index (χ2v) is 5.86. The minimum Gasteiger partial charge on any atom is -0.334 e. The first-order valence-electron chi connectivity index (χ1n) is 6.83. The lowest BCUT2D eigenvalue weighted by atomic mass is 9.95. The van der Waals surface area contributed by atoms with Crippen LogP contribution in [0.3, 0.4) is 0 Å². The highest BCUT2D eigenvalue weighted by atomic mass is 19.4. The molecule has 1 aromatic rings. The predicted octanol–water partition coefficient (Wildman–Crippen LogP) is 2.88. The van der Waals surface area contributed by atoms with Gasteiger partial charge in [-0.05, 0) is 30.5 Å². The highest BCUT2D eigenvalue weighted by Crippen LogP contribution is 2.48. The second kappa shape index (κ2) is 4.69. The zero-order valence-corrected chi connectivity index (χ0v) is 11.7. The number of nitrogens with zero attached hydrogens (tertiary/aromatic N) is 2. The highest BCUT2D eigenvalue weighted by molar-refractivity contribution is 5.82. The van der Waals surface area contributed by atoms with Gasteiger partial charge in [0, 0.05) is 36.6 Å². The molecule has 0 aromatic heterocycles. The monoisotopic (exact) mass is 314 g/mol. The lowest BCUT2D eigenvalue weighted by Gasteiger charge is -2.32. The van der Waals surface area contributed by atoms with Gasteiger partial charge in [0.15, 0.2) is 0 Å². The van der Waals surface area contributed by atoms with Crippen molar-refractivity contribution in [3.63, 3.8) is 0 Å². The predicted molar refractivity (Wildman–Crippen MR) is 70.6 cm³/mol. The van der Waals surface area contributed by atoms with Crippen LogP contribution in [0, 0.1) is 17.0 Å². The van der Waals surface area contributed by atoms with Crippen LogP contribution in [-0.4, -0.2) is 35.0 Å². The molecule has 3 rings (SSSR count). The maximum Gasteiger partial charge on any atom is 0.471 e. The van der Waals surface area contributed by atoms with Crippen LogP contribution in [0.4, 0.5) is 18.9 Å². The van der Waals surface area contributed by atoms with E-state index in [0.29, 0.717) is 17.5 Å². The van der Waals surface area contributed by atoms with Gasteiger partial charge >= 0.3 is 12.1 Å². The van der Waals surface area contributed by atoms with Crippen molar-refractivity contribution in [1.82, 2.24) is 4.90 Å². The zero-order valence-electron chi connectivity index (χ0n) is 11.7. The number of benzene rings is 1. The molecule has 1 aromatic carbocycles. The Morgan fingerprint density at radius 1 is 1.27 bits per heavy atom. The van der Waals surface area contributed by atoms with Crippen molar-refractivity contribution in [2.45, 2.75) is 31.4 Å². The number of amides is 1. The Balaban J connectivity index is 1.95. The van der Waals surface area contributed by atoms with E-state index in [1.54, 1.807) is 13.0 Å². The van der Waals surface area contributed by atoms with Crippen molar-refractivity contribution in [1.29, 1.82) is 0 Å². The number of likely N-dealkylation sites (tertiary alicyclic amines) is 1. The van der Waals surface area contributed by atoms with Gasteiger partial charge in [0.2, 0.25) is 0 Å². The molecular weight excluding hydrogens is 301 g/mol. The number of alkyl halides is 3. The van der Waals surface area contributed by atoms with E-state index < -0.39 is 17.0 Å². The van der Waals surface area contributed by atoms with Crippen LogP contribution in [0.1, 0.15) is 34.9 Å². The Morgan fingerprint density at radius 3 is 2.32 bits per heavy atom. The molecule has 2 unspecified atom stereocenters. The quantitative estimate of drug-likeness (QED) is 0.591. The molecule has 8 heteroatoms. The summed E-state index contributed by atoms with van der Waals surface area (Å²) in [6, 6.07) is 3.14. The average Bonchev–Trinajstić information content (AvgIpc) is 2.66. The summed E-state index contributed by atoms with van der Waals surface area (Å²) >= 11 is 0. The van der Waals surface area contributed by atoms with Crippen LogP contribution in [0.25, 0.3) is 0 Å². The van der Waals surface area contributed by atoms with Crippen molar-refractivity contribution in [3.8, 4) is 0 Å². The van der Waals surface area contributed by atoms with E-state index in [4.69, 9.17) is 0 Å². The van der Waals surface area contributed by atoms with Gasteiger partial charge in [0.1, 0.15) is 0 Å². The SMILES string of the molecule is Cc1cc2c(cc1[N+](=O)[O-])C1CC2CN(C(=O)C(F)(F)F)C1. The summed E-state index contributed by atoms with van der Waals surface area (Å²) in [7, 11) is 0. The maximum atomic E-state index is 12.6. The molecule has 1 amide bonds. The number of hydrogen-bond acceptors (Lipinski definition) is 3. The first-order valence-corrected chi connectivity index (χ1v) is 6.83. The van der Waals surface area contributed by atoms with Crippen LogP contribution in [-0.2, 0) is 4.79 Å².